The van der Waals surface area contributed by atoms with Crippen LogP contribution in [0.15, 0.2) is 34.6 Å². The first-order chi connectivity index (χ1) is 12.8. The zero-order valence-corrected chi connectivity index (χ0v) is 16.3. The van der Waals surface area contributed by atoms with E-state index in [4.69, 9.17) is 4.74 Å². The van der Waals surface area contributed by atoms with Gasteiger partial charge in [0.15, 0.2) is 11.7 Å². The molecule has 2 rings (SSSR count). The summed E-state index contributed by atoms with van der Waals surface area (Å²) in [5.74, 6) is 1.47. The molecule has 148 valence electrons. The third-order valence-corrected chi connectivity index (χ3v) is 4.63. The first-order valence-corrected chi connectivity index (χ1v) is 9.36. The summed E-state index contributed by atoms with van der Waals surface area (Å²) in [4.78, 5) is 10.1. The maximum Gasteiger partial charge on any atom is 0.434 e. The van der Waals surface area contributed by atoms with Crippen molar-refractivity contribution >= 4 is 17.3 Å². The third kappa shape index (κ3) is 6.13. The largest absolute Gasteiger partial charge is 0.496 e. The smallest absolute Gasteiger partial charge is 0.434 e. The summed E-state index contributed by atoms with van der Waals surface area (Å²) in [6.07, 6.45) is -4.04. The molecule has 0 fully saturated rings. The molecule has 9 heteroatoms. The summed E-state index contributed by atoms with van der Waals surface area (Å²) in [5, 5.41) is 4.66. The highest BCUT2D eigenvalue weighted by molar-refractivity contribution is 7.09. The molecular weight excluding hydrogens is 377 g/mol. The van der Waals surface area contributed by atoms with Crippen molar-refractivity contribution in [2.45, 2.75) is 26.1 Å². The van der Waals surface area contributed by atoms with E-state index in [9.17, 15) is 13.2 Å². The Balaban J connectivity index is 2.01. The lowest BCUT2D eigenvalue weighted by Crippen LogP contribution is -2.38. The van der Waals surface area contributed by atoms with Gasteiger partial charge in [-0.2, -0.15) is 13.2 Å². The second kappa shape index (κ2) is 9.59. The normalized spacial score (nSPS) is 12.1. The summed E-state index contributed by atoms with van der Waals surface area (Å²) in [6.45, 7) is 3.59. The first kappa shape index (κ1) is 21.0. The first-order valence-electron chi connectivity index (χ1n) is 8.48. The van der Waals surface area contributed by atoms with Crippen molar-refractivity contribution in [1.29, 1.82) is 0 Å². The molecule has 0 aliphatic rings. The number of aliphatic imine (C=N–C) groups is 1. The van der Waals surface area contributed by atoms with Crippen LogP contribution in [0.5, 0.6) is 5.75 Å². The SMILES string of the molecule is CCNC(=NCCc1nc(C(F)(F)F)cs1)N(C)Cc1ccccc1OC. The number of alkyl halides is 3. The summed E-state index contributed by atoms with van der Waals surface area (Å²) >= 11 is 1.01. The molecule has 0 aliphatic heterocycles. The van der Waals surface area contributed by atoms with Gasteiger partial charge < -0.3 is 15.0 Å². The Morgan fingerprint density at radius 3 is 2.70 bits per heavy atom. The molecule has 0 saturated carbocycles. The summed E-state index contributed by atoms with van der Waals surface area (Å²) in [6, 6.07) is 7.72. The van der Waals surface area contributed by atoms with Crippen LogP contribution in [-0.2, 0) is 19.1 Å². The number of halogens is 3. The lowest BCUT2D eigenvalue weighted by Gasteiger charge is -2.23. The minimum Gasteiger partial charge on any atom is -0.496 e. The summed E-state index contributed by atoms with van der Waals surface area (Å²) in [5.41, 5.74) is 0.175. The fourth-order valence-electron chi connectivity index (χ4n) is 2.45. The Morgan fingerprint density at radius 2 is 2.07 bits per heavy atom. The van der Waals surface area contributed by atoms with Crippen LogP contribution in [0, 0.1) is 0 Å². The van der Waals surface area contributed by atoms with Crippen LogP contribution in [0.25, 0.3) is 0 Å². The average molecular weight is 400 g/mol. The van der Waals surface area contributed by atoms with Gasteiger partial charge in [0.1, 0.15) is 5.75 Å². The van der Waals surface area contributed by atoms with Gasteiger partial charge in [-0.3, -0.25) is 4.99 Å². The Labute approximate surface area is 160 Å². The van der Waals surface area contributed by atoms with Crippen molar-refractivity contribution in [3.8, 4) is 5.75 Å². The molecule has 27 heavy (non-hydrogen) atoms. The lowest BCUT2D eigenvalue weighted by atomic mass is 10.2. The van der Waals surface area contributed by atoms with Crippen LogP contribution in [0.4, 0.5) is 13.2 Å². The number of hydrogen-bond acceptors (Lipinski definition) is 4. The molecule has 0 atom stereocenters. The van der Waals surface area contributed by atoms with E-state index in [1.54, 1.807) is 7.11 Å². The van der Waals surface area contributed by atoms with Crippen molar-refractivity contribution in [1.82, 2.24) is 15.2 Å². The van der Waals surface area contributed by atoms with E-state index < -0.39 is 11.9 Å². The number of aromatic nitrogens is 1. The van der Waals surface area contributed by atoms with Crippen LogP contribution in [0.2, 0.25) is 0 Å². The van der Waals surface area contributed by atoms with Crippen molar-refractivity contribution in [2.75, 3.05) is 27.2 Å². The molecule has 1 heterocycles. The molecule has 0 saturated heterocycles. The summed E-state index contributed by atoms with van der Waals surface area (Å²) < 4.78 is 43.2. The van der Waals surface area contributed by atoms with Gasteiger partial charge in [0.05, 0.1) is 12.1 Å². The standard InChI is InChI=1S/C18H23F3N4OS/c1-4-22-17(25(2)11-13-7-5-6-8-14(13)26-3)23-10-9-16-24-15(12-27-16)18(19,20)21/h5-8,12H,4,9-11H2,1-3H3,(H,22,23). The predicted molar refractivity (Wildman–Crippen MR) is 101 cm³/mol. The second-order valence-corrected chi connectivity index (χ2v) is 6.72. The van der Waals surface area contributed by atoms with Gasteiger partial charge in [-0.05, 0) is 13.0 Å². The monoisotopic (exact) mass is 400 g/mol. The number of rotatable bonds is 7. The molecule has 0 radical (unpaired) electrons. The van der Waals surface area contributed by atoms with E-state index in [1.807, 2.05) is 43.1 Å². The molecule has 1 aromatic carbocycles. The zero-order chi connectivity index (χ0) is 19.9. The molecule has 0 aliphatic carbocycles. The third-order valence-electron chi connectivity index (χ3n) is 3.73. The van der Waals surface area contributed by atoms with E-state index in [2.05, 4.69) is 15.3 Å². The highest BCUT2D eigenvalue weighted by Gasteiger charge is 2.33. The molecule has 1 N–H and O–H groups in total. The number of thiazole rings is 1. The van der Waals surface area contributed by atoms with Gasteiger partial charge in [-0.1, -0.05) is 18.2 Å². The predicted octanol–water partition coefficient (Wildman–Crippen LogP) is 3.81. The molecule has 5 nitrogen and oxygen atoms in total. The van der Waals surface area contributed by atoms with Gasteiger partial charge >= 0.3 is 6.18 Å². The topological polar surface area (TPSA) is 49.8 Å². The Kier molecular flexibility index (Phi) is 7.46. The van der Waals surface area contributed by atoms with E-state index in [-0.39, 0.29) is 0 Å². The highest BCUT2D eigenvalue weighted by atomic mass is 32.1. The van der Waals surface area contributed by atoms with Crippen LogP contribution in [0.3, 0.4) is 0 Å². The molecule has 2 aromatic rings. The molecule has 0 amide bonds. The Bertz CT molecular complexity index is 761. The molecule has 0 unspecified atom stereocenters. The van der Waals surface area contributed by atoms with E-state index in [0.717, 1.165) is 28.0 Å². The van der Waals surface area contributed by atoms with Crippen molar-refractivity contribution in [2.24, 2.45) is 4.99 Å². The molecule has 0 spiro atoms. The lowest BCUT2D eigenvalue weighted by molar-refractivity contribution is -0.140. The fourth-order valence-corrected chi connectivity index (χ4v) is 3.24. The molecular formula is C18H23F3N4OS. The van der Waals surface area contributed by atoms with E-state index in [1.165, 1.54) is 0 Å². The zero-order valence-electron chi connectivity index (χ0n) is 15.5. The maximum absolute atomic E-state index is 12.6. The number of methoxy groups -OCH3 is 1. The number of nitrogens with one attached hydrogen (secondary N) is 1. The minimum absolute atomic E-state index is 0.351. The van der Waals surface area contributed by atoms with Crippen LogP contribution in [-0.4, -0.2) is 43.1 Å². The van der Waals surface area contributed by atoms with E-state index in [0.29, 0.717) is 37.0 Å². The number of nitrogens with zero attached hydrogens (tertiary/aromatic N) is 3. The molecule has 0 bridgehead atoms. The number of guanidine groups is 1. The number of hydrogen-bond donors (Lipinski definition) is 1. The Morgan fingerprint density at radius 1 is 1.33 bits per heavy atom. The quantitative estimate of drug-likeness (QED) is 0.567. The van der Waals surface area contributed by atoms with Crippen LogP contribution in [0.1, 0.15) is 23.2 Å². The van der Waals surface area contributed by atoms with Gasteiger partial charge in [-0.25, -0.2) is 4.98 Å². The molecule has 1 aromatic heterocycles. The Hall–Kier alpha value is -2.29. The van der Waals surface area contributed by atoms with Crippen molar-refractivity contribution in [3.63, 3.8) is 0 Å². The van der Waals surface area contributed by atoms with Crippen molar-refractivity contribution < 1.29 is 17.9 Å². The number of benzene rings is 1. The van der Waals surface area contributed by atoms with Gasteiger partial charge in [0, 0.05) is 44.0 Å². The number of ether oxygens (including phenoxy) is 1. The van der Waals surface area contributed by atoms with Gasteiger partial charge in [0.25, 0.3) is 0 Å². The van der Waals surface area contributed by atoms with Crippen LogP contribution < -0.4 is 10.1 Å². The number of para-hydroxylation sites is 1. The summed E-state index contributed by atoms with van der Waals surface area (Å²) in [7, 11) is 3.53. The van der Waals surface area contributed by atoms with Crippen LogP contribution >= 0.6 is 11.3 Å². The maximum atomic E-state index is 12.6. The average Bonchev–Trinajstić information content (AvgIpc) is 3.11. The highest BCUT2D eigenvalue weighted by Crippen LogP contribution is 2.30. The van der Waals surface area contributed by atoms with Crippen molar-refractivity contribution in [3.05, 3.63) is 45.9 Å². The van der Waals surface area contributed by atoms with Gasteiger partial charge in [-0.15, -0.1) is 11.3 Å². The minimum atomic E-state index is -4.40. The van der Waals surface area contributed by atoms with Gasteiger partial charge in [0.2, 0.25) is 0 Å². The second-order valence-electron chi connectivity index (χ2n) is 5.78. The van der Waals surface area contributed by atoms with E-state index >= 15 is 0 Å². The fraction of sp³-hybridized carbons (Fsp3) is 0.444.